The molecule has 0 bridgehead atoms. The van der Waals surface area contributed by atoms with Gasteiger partial charge in [-0.25, -0.2) is 0 Å². The lowest BCUT2D eigenvalue weighted by atomic mass is 10.3. The van der Waals surface area contributed by atoms with E-state index in [-0.39, 0.29) is 0 Å². The standard InChI is InChI=1S/C8H10INO/c1-7-4-8(6-10-5-7)11-3-2-9/h4-6H,2-3H2,1H3. The first-order valence-corrected chi connectivity index (χ1v) is 4.96. The van der Waals surface area contributed by atoms with Crippen molar-refractivity contribution in [2.75, 3.05) is 11.0 Å². The van der Waals surface area contributed by atoms with Crippen molar-refractivity contribution in [2.24, 2.45) is 0 Å². The molecule has 0 saturated heterocycles. The fourth-order valence-electron chi connectivity index (χ4n) is 0.763. The molecule has 0 fully saturated rings. The van der Waals surface area contributed by atoms with Gasteiger partial charge in [-0.2, -0.15) is 0 Å². The van der Waals surface area contributed by atoms with Crippen molar-refractivity contribution >= 4 is 22.6 Å². The molecule has 0 aliphatic heterocycles. The van der Waals surface area contributed by atoms with E-state index in [1.54, 1.807) is 6.20 Å². The Morgan fingerprint density at radius 2 is 2.36 bits per heavy atom. The van der Waals surface area contributed by atoms with E-state index in [0.717, 1.165) is 22.3 Å². The van der Waals surface area contributed by atoms with Crippen molar-refractivity contribution in [1.82, 2.24) is 4.98 Å². The second-order valence-corrected chi connectivity index (χ2v) is 3.31. The van der Waals surface area contributed by atoms with Crippen LogP contribution in [0, 0.1) is 6.92 Å². The van der Waals surface area contributed by atoms with E-state index in [4.69, 9.17) is 4.74 Å². The van der Waals surface area contributed by atoms with Crippen LogP contribution in [0.25, 0.3) is 0 Å². The monoisotopic (exact) mass is 263 g/mol. The molecule has 0 unspecified atom stereocenters. The fraction of sp³-hybridized carbons (Fsp3) is 0.375. The van der Waals surface area contributed by atoms with Crippen molar-refractivity contribution in [3.8, 4) is 5.75 Å². The normalized spacial score (nSPS) is 9.64. The van der Waals surface area contributed by atoms with Gasteiger partial charge in [0, 0.05) is 10.6 Å². The zero-order valence-electron chi connectivity index (χ0n) is 6.38. The SMILES string of the molecule is Cc1cncc(OCCI)c1. The third kappa shape index (κ3) is 3.05. The van der Waals surface area contributed by atoms with E-state index >= 15 is 0 Å². The molecule has 1 rings (SSSR count). The number of halogens is 1. The lowest BCUT2D eigenvalue weighted by Gasteiger charge is -2.02. The molecule has 11 heavy (non-hydrogen) atoms. The van der Waals surface area contributed by atoms with E-state index in [1.165, 1.54) is 0 Å². The zero-order valence-corrected chi connectivity index (χ0v) is 8.54. The summed E-state index contributed by atoms with van der Waals surface area (Å²) in [5.41, 5.74) is 1.14. The number of pyridine rings is 1. The Balaban J connectivity index is 2.56. The van der Waals surface area contributed by atoms with Crippen molar-refractivity contribution < 1.29 is 4.74 Å². The second-order valence-electron chi connectivity index (χ2n) is 2.24. The van der Waals surface area contributed by atoms with Gasteiger partial charge in [-0.1, -0.05) is 22.6 Å². The molecule has 1 aromatic heterocycles. The molecule has 0 aliphatic rings. The summed E-state index contributed by atoms with van der Waals surface area (Å²) in [6, 6.07) is 1.99. The molecule has 0 aliphatic carbocycles. The number of hydrogen-bond acceptors (Lipinski definition) is 2. The third-order valence-electron chi connectivity index (χ3n) is 1.20. The van der Waals surface area contributed by atoms with Gasteiger partial charge in [0.25, 0.3) is 0 Å². The minimum Gasteiger partial charge on any atom is -0.491 e. The van der Waals surface area contributed by atoms with Crippen LogP contribution in [-0.4, -0.2) is 16.0 Å². The number of aryl methyl sites for hydroxylation is 1. The van der Waals surface area contributed by atoms with Crippen LogP contribution < -0.4 is 4.74 Å². The Morgan fingerprint density at radius 1 is 1.55 bits per heavy atom. The van der Waals surface area contributed by atoms with Crippen LogP contribution in [-0.2, 0) is 0 Å². The smallest absolute Gasteiger partial charge is 0.137 e. The predicted molar refractivity (Wildman–Crippen MR) is 53.4 cm³/mol. The summed E-state index contributed by atoms with van der Waals surface area (Å²) in [7, 11) is 0. The second kappa shape index (κ2) is 4.54. The Kier molecular flexibility index (Phi) is 3.62. The predicted octanol–water partition coefficient (Wildman–Crippen LogP) is 2.20. The fourth-order valence-corrected chi connectivity index (χ4v) is 0.983. The molecule has 0 N–H and O–H groups in total. The number of rotatable bonds is 3. The molecule has 3 heteroatoms. The Bertz CT molecular complexity index is 227. The van der Waals surface area contributed by atoms with Crippen molar-refractivity contribution in [1.29, 1.82) is 0 Å². The number of alkyl halides is 1. The van der Waals surface area contributed by atoms with E-state index < -0.39 is 0 Å². The van der Waals surface area contributed by atoms with Gasteiger partial charge >= 0.3 is 0 Å². The lowest BCUT2D eigenvalue weighted by Crippen LogP contribution is -1.97. The first-order chi connectivity index (χ1) is 5.33. The zero-order chi connectivity index (χ0) is 8.10. The minimum atomic E-state index is 0.756. The van der Waals surface area contributed by atoms with Crippen LogP contribution in [0.3, 0.4) is 0 Å². The van der Waals surface area contributed by atoms with Crippen molar-refractivity contribution in [2.45, 2.75) is 6.92 Å². The van der Waals surface area contributed by atoms with Gasteiger partial charge < -0.3 is 4.74 Å². The van der Waals surface area contributed by atoms with Gasteiger partial charge in [0.2, 0.25) is 0 Å². The molecule has 0 atom stereocenters. The molecule has 60 valence electrons. The maximum Gasteiger partial charge on any atom is 0.137 e. The summed E-state index contributed by atoms with van der Waals surface area (Å²) in [5.74, 6) is 0.863. The van der Waals surface area contributed by atoms with Crippen LogP contribution in [0.1, 0.15) is 5.56 Å². The van der Waals surface area contributed by atoms with E-state index in [9.17, 15) is 0 Å². The highest BCUT2D eigenvalue weighted by Gasteiger charge is 1.92. The minimum absolute atomic E-state index is 0.756. The van der Waals surface area contributed by atoms with E-state index in [1.807, 2.05) is 19.2 Å². The first kappa shape index (κ1) is 8.77. The average molecular weight is 263 g/mol. The molecule has 0 aromatic carbocycles. The van der Waals surface area contributed by atoms with Gasteiger partial charge in [-0.3, -0.25) is 4.98 Å². The topological polar surface area (TPSA) is 22.1 Å². The summed E-state index contributed by atoms with van der Waals surface area (Å²) < 4.78 is 6.37. The van der Waals surface area contributed by atoms with Crippen LogP contribution in [0.5, 0.6) is 5.75 Å². The number of aromatic nitrogens is 1. The maximum atomic E-state index is 5.37. The highest BCUT2D eigenvalue weighted by atomic mass is 127. The molecule has 0 saturated carbocycles. The Hall–Kier alpha value is -0.320. The lowest BCUT2D eigenvalue weighted by molar-refractivity contribution is 0.345. The molecule has 2 nitrogen and oxygen atoms in total. The van der Waals surface area contributed by atoms with E-state index in [0.29, 0.717) is 0 Å². The van der Waals surface area contributed by atoms with Crippen LogP contribution in [0.4, 0.5) is 0 Å². The van der Waals surface area contributed by atoms with E-state index in [2.05, 4.69) is 27.6 Å². The third-order valence-corrected chi connectivity index (χ3v) is 1.64. The Labute approximate surface area is 80.1 Å². The summed E-state index contributed by atoms with van der Waals surface area (Å²) >= 11 is 2.28. The summed E-state index contributed by atoms with van der Waals surface area (Å²) in [6.07, 6.45) is 3.55. The van der Waals surface area contributed by atoms with Gasteiger partial charge in [0.1, 0.15) is 5.75 Å². The summed E-state index contributed by atoms with van der Waals surface area (Å²) in [5, 5.41) is 0. The molecule has 1 aromatic rings. The number of ether oxygens (including phenoxy) is 1. The molecule has 0 radical (unpaired) electrons. The highest BCUT2D eigenvalue weighted by Crippen LogP contribution is 2.09. The molecule has 0 amide bonds. The van der Waals surface area contributed by atoms with Crippen molar-refractivity contribution in [3.05, 3.63) is 24.0 Å². The molecule has 1 heterocycles. The van der Waals surface area contributed by atoms with Gasteiger partial charge in [-0.15, -0.1) is 0 Å². The Morgan fingerprint density at radius 3 is 3.00 bits per heavy atom. The van der Waals surface area contributed by atoms with Crippen LogP contribution >= 0.6 is 22.6 Å². The van der Waals surface area contributed by atoms with Gasteiger partial charge in [0.05, 0.1) is 12.8 Å². The largest absolute Gasteiger partial charge is 0.491 e. The quantitative estimate of drug-likeness (QED) is 0.616. The highest BCUT2D eigenvalue weighted by molar-refractivity contribution is 14.1. The van der Waals surface area contributed by atoms with Crippen molar-refractivity contribution in [3.63, 3.8) is 0 Å². The number of hydrogen-bond donors (Lipinski definition) is 0. The molecular formula is C8H10INO. The van der Waals surface area contributed by atoms with Gasteiger partial charge in [0.15, 0.2) is 0 Å². The van der Waals surface area contributed by atoms with Gasteiger partial charge in [-0.05, 0) is 18.6 Å². The summed E-state index contributed by atoms with van der Waals surface area (Å²) in [4.78, 5) is 4.01. The average Bonchev–Trinajstić information content (AvgIpc) is 2.01. The van der Waals surface area contributed by atoms with Crippen LogP contribution in [0.2, 0.25) is 0 Å². The van der Waals surface area contributed by atoms with Crippen LogP contribution in [0.15, 0.2) is 18.5 Å². The molecule has 0 spiro atoms. The summed E-state index contributed by atoms with van der Waals surface area (Å²) in [6.45, 7) is 2.76. The molecular weight excluding hydrogens is 253 g/mol. The maximum absolute atomic E-state index is 5.37. The number of nitrogens with zero attached hydrogens (tertiary/aromatic N) is 1. The first-order valence-electron chi connectivity index (χ1n) is 3.43.